The molecule has 0 saturated heterocycles. The summed E-state index contributed by atoms with van der Waals surface area (Å²) in [5.74, 6) is 0.465. The Hall–Kier alpha value is -4.59. The zero-order chi connectivity index (χ0) is 23.8. The molecule has 8 nitrogen and oxygen atoms in total. The first-order valence-electron chi connectivity index (χ1n) is 10.6. The summed E-state index contributed by atoms with van der Waals surface area (Å²) in [6.45, 7) is 0.507. The fourth-order valence-corrected chi connectivity index (χ4v) is 3.31. The number of benzene rings is 3. The molecule has 0 atom stereocenters. The van der Waals surface area contributed by atoms with E-state index in [0.29, 0.717) is 35.0 Å². The average molecular weight is 457 g/mol. The number of carbonyl (C=O) groups excluding carboxylic acids is 2. The van der Waals surface area contributed by atoms with Gasteiger partial charge in [0.2, 0.25) is 0 Å². The monoisotopic (exact) mass is 456 g/mol. The highest BCUT2D eigenvalue weighted by atomic mass is 16.5. The number of rotatable bonds is 9. The Morgan fingerprint density at radius 3 is 2.35 bits per heavy atom. The number of methoxy groups -OCH3 is 1. The van der Waals surface area contributed by atoms with E-state index in [2.05, 4.69) is 15.6 Å². The molecular weight excluding hydrogens is 432 g/mol. The molecule has 3 aromatic carbocycles. The second kappa shape index (κ2) is 10.8. The number of para-hydroxylation sites is 2. The molecule has 4 rings (SSSR count). The van der Waals surface area contributed by atoms with Gasteiger partial charge in [-0.1, -0.05) is 30.3 Å². The van der Waals surface area contributed by atoms with E-state index in [9.17, 15) is 9.59 Å². The average Bonchev–Trinajstić information content (AvgIpc) is 3.36. The predicted molar refractivity (Wildman–Crippen MR) is 129 cm³/mol. The lowest BCUT2D eigenvalue weighted by molar-refractivity contribution is -0.118. The SMILES string of the molecule is COc1ccccc1OCC(=O)Nc1cccc(NC(=O)c2ccc(Cn3ccnc3)cc2)c1. The van der Waals surface area contributed by atoms with Gasteiger partial charge in [-0.05, 0) is 48.0 Å². The number of aromatic nitrogens is 2. The lowest BCUT2D eigenvalue weighted by Crippen LogP contribution is -2.20. The van der Waals surface area contributed by atoms with Gasteiger partial charge < -0.3 is 24.7 Å². The van der Waals surface area contributed by atoms with E-state index in [1.165, 1.54) is 7.11 Å². The molecule has 0 spiro atoms. The summed E-state index contributed by atoms with van der Waals surface area (Å²) in [5, 5.41) is 5.62. The summed E-state index contributed by atoms with van der Waals surface area (Å²) in [5.41, 5.74) is 2.71. The van der Waals surface area contributed by atoms with Crippen molar-refractivity contribution < 1.29 is 19.1 Å². The van der Waals surface area contributed by atoms with Crippen LogP contribution in [0.4, 0.5) is 11.4 Å². The maximum atomic E-state index is 12.7. The van der Waals surface area contributed by atoms with Crippen molar-refractivity contribution in [2.24, 2.45) is 0 Å². The molecular formula is C26H24N4O4. The topological polar surface area (TPSA) is 94.5 Å². The fourth-order valence-electron chi connectivity index (χ4n) is 3.31. The van der Waals surface area contributed by atoms with Crippen molar-refractivity contribution in [2.45, 2.75) is 6.54 Å². The van der Waals surface area contributed by atoms with Gasteiger partial charge in [0.1, 0.15) is 0 Å². The number of amides is 2. The molecule has 0 fully saturated rings. The molecule has 0 aliphatic carbocycles. The Balaban J connectivity index is 1.32. The van der Waals surface area contributed by atoms with Crippen LogP contribution in [0.2, 0.25) is 0 Å². The van der Waals surface area contributed by atoms with E-state index in [1.807, 2.05) is 29.0 Å². The number of imidazole rings is 1. The minimum absolute atomic E-state index is 0.178. The third-order valence-corrected chi connectivity index (χ3v) is 4.97. The van der Waals surface area contributed by atoms with Crippen molar-refractivity contribution in [1.82, 2.24) is 9.55 Å². The van der Waals surface area contributed by atoms with Gasteiger partial charge >= 0.3 is 0 Å². The molecule has 8 heteroatoms. The van der Waals surface area contributed by atoms with Crippen LogP contribution in [0.25, 0.3) is 0 Å². The van der Waals surface area contributed by atoms with Crippen molar-refractivity contribution >= 4 is 23.2 Å². The third-order valence-electron chi connectivity index (χ3n) is 4.97. The first kappa shape index (κ1) is 22.6. The highest BCUT2D eigenvalue weighted by molar-refractivity contribution is 6.04. The van der Waals surface area contributed by atoms with Gasteiger partial charge in [-0.15, -0.1) is 0 Å². The third kappa shape index (κ3) is 6.01. The molecule has 2 amide bonds. The molecule has 0 saturated carbocycles. The molecule has 0 bridgehead atoms. The van der Waals surface area contributed by atoms with Gasteiger partial charge in [-0.3, -0.25) is 9.59 Å². The van der Waals surface area contributed by atoms with Crippen LogP contribution in [-0.4, -0.2) is 35.1 Å². The predicted octanol–water partition coefficient (Wildman–Crippen LogP) is 4.21. The second-order valence-corrected chi connectivity index (χ2v) is 7.45. The van der Waals surface area contributed by atoms with E-state index in [-0.39, 0.29) is 18.4 Å². The highest BCUT2D eigenvalue weighted by Gasteiger charge is 2.10. The van der Waals surface area contributed by atoms with Crippen LogP contribution < -0.4 is 20.1 Å². The maximum absolute atomic E-state index is 12.7. The highest BCUT2D eigenvalue weighted by Crippen LogP contribution is 2.25. The molecule has 0 unspecified atom stereocenters. The van der Waals surface area contributed by atoms with Crippen LogP contribution in [0.5, 0.6) is 11.5 Å². The summed E-state index contributed by atoms with van der Waals surface area (Å²) in [7, 11) is 1.54. The largest absolute Gasteiger partial charge is 0.493 e. The lowest BCUT2D eigenvalue weighted by atomic mass is 10.1. The molecule has 4 aromatic rings. The molecule has 0 aliphatic heterocycles. The van der Waals surface area contributed by atoms with E-state index >= 15 is 0 Å². The number of carbonyl (C=O) groups is 2. The number of ether oxygens (including phenoxy) is 2. The van der Waals surface area contributed by atoms with Crippen molar-refractivity contribution in [3.8, 4) is 11.5 Å². The van der Waals surface area contributed by atoms with E-state index in [1.54, 1.807) is 67.1 Å². The maximum Gasteiger partial charge on any atom is 0.262 e. The summed E-state index contributed by atoms with van der Waals surface area (Å²) >= 11 is 0. The van der Waals surface area contributed by atoms with Crippen LogP contribution in [0.15, 0.2) is 91.5 Å². The molecule has 0 aliphatic rings. The van der Waals surface area contributed by atoms with Crippen LogP contribution in [0, 0.1) is 0 Å². The second-order valence-electron chi connectivity index (χ2n) is 7.45. The molecule has 1 aromatic heterocycles. The Kier molecular flexibility index (Phi) is 7.19. The number of nitrogens with one attached hydrogen (secondary N) is 2. The first-order chi connectivity index (χ1) is 16.6. The van der Waals surface area contributed by atoms with Crippen molar-refractivity contribution in [1.29, 1.82) is 0 Å². The van der Waals surface area contributed by atoms with E-state index in [0.717, 1.165) is 5.56 Å². The minimum atomic E-state index is -0.331. The zero-order valence-electron chi connectivity index (χ0n) is 18.6. The minimum Gasteiger partial charge on any atom is -0.493 e. The van der Waals surface area contributed by atoms with Gasteiger partial charge in [0.25, 0.3) is 11.8 Å². The van der Waals surface area contributed by atoms with Crippen LogP contribution in [0.1, 0.15) is 15.9 Å². The Morgan fingerprint density at radius 1 is 0.912 bits per heavy atom. The van der Waals surface area contributed by atoms with Crippen molar-refractivity contribution in [2.75, 3.05) is 24.4 Å². The molecule has 1 heterocycles. The number of nitrogens with zero attached hydrogens (tertiary/aromatic N) is 2. The van der Waals surface area contributed by atoms with Gasteiger partial charge in [0.15, 0.2) is 18.1 Å². The summed E-state index contributed by atoms with van der Waals surface area (Å²) < 4.78 is 12.7. The summed E-state index contributed by atoms with van der Waals surface area (Å²) in [6.07, 6.45) is 5.36. The normalized spacial score (nSPS) is 10.4. The molecule has 0 radical (unpaired) electrons. The molecule has 2 N–H and O–H groups in total. The standard InChI is InChI=1S/C26H24N4O4/c1-33-23-7-2-3-8-24(23)34-17-25(31)28-21-5-4-6-22(15-21)29-26(32)20-11-9-19(10-12-20)16-30-14-13-27-18-30/h2-15,18H,16-17H2,1H3,(H,28,31)(H,29,32). The number of hydrogen-bond donors (Lipinski definition) is 2. The van der Waals surface area contributed by atoms with Gasteiger partial charge in [-0.2, -0.15) is 0 Å². The Morgan fingerprint density at radius 2 is 1.65 bits per heavy atom. The quantitative estimate of drug-likeness (QED) is 0.394. The summed E-state index contributed by atoms with van der Waals surface area (Å²) in [6, 6.07) is 21.4. The van der Waals surface area contributed by atoms with Crippen molar-refractivity contribution in [3.05, 3.63) is 103 Å². The smallest absolute Gasteiger partial charge is 0.262 e. The molecule has 172 valence electrons. The molecule has 34 heavy (non-hydrogen) atoms. The van der Waals surface area contributed by atoms with Gasteiger partial charge in [0, 0.05) is 35.9 Å². The lowest BCUT2D eigenvalue weighted by Gasteiger charge is -2.11. The number of anilines is 2. The zero-order valence-corrected chi connectivity index (χ0v) is 18.6. The van der Waals surface area contributed by atoms with Crippen LogP contribution >= 0.6 is 0 Å². The van der Waals surface area contributed by atoms with E-state index in [4.69, 9.17) is 9.47 Å². The van der Waals surface area contributed by atoms with Gasteiger partial charge in [-0.25, -0.2) is 4.98 Å². The van der Waals surface area contributed by atoms with Gasteiger partial charge in [0.05, 0.1) is 13.4 Å². The fraction of sp³-hybridized carbons (Fsp3) is 0.115. The van der Waals surface area contributed by atoms with Crippen LogP contribution in [-0.2, 0) is 11.3 Å². The van der Waals surface area contributed by atoms with Crippen LogP contribution in [0.3, 0.4) is 0 Å². The first-order valence-corrected chi connectivity index (χ1v) is 10.6. The number of hydrogen-bond acceptors (Lipinski definition) is 5. The summed E-state index contributed by atoms with van der Waals surface area (Å²) in [4.78, 5) is 29.0. The van der Waals surface area contributed by atoms with Crippen molar-refractivity contribution in [3.63, 3.8) is 0 Å². The Labute approximate surface area is 197 Å². The Bertz CT molecular complexity index is 1250. The van der Waals surface area contributed by atoms with E-state index < -0.39 is 0 Å².